The molecule has 0 spiro atoms. The Hall–Kier alpha value is -3.26. The second-order valence-electron chi connectivity index (χ2n) is 8.14. The van der Waals surface area contributed by atoms with Crippen molar-refractivity contribution in [1.82, 2.24) is 14.9 Å². The number of para-hydroxylation sites is 1. The standard InChI is InChI=1S/C25H28N4O3S/c1-3-32-21-9-5-4-8-20(21)25-27-19(16-33-25)13-23(30)29-12-6-7-18(15-29)24(31)28-22-11-10-17(2)14-26-22/h4-5,8-11,14,16,18H,3,6-7,12-13,15H2,1-2H3,(H,26,28,31). The zero-order valence-corrected chi connectivity index (χ0v) is 19.7. The molecule has 7 nitrogen and oxygen atoms in total. The maximum Gasteiger partial charge on any atom is 0.230 e. The van der Waals surface area contributed by atoms with Gasteiger partial charge in [-0.2, -0.15) is 0 Å². The van der Waals surface area contributed by atoms with Gasteiger partial charge in [0.2, 0.25) is 11.8 Å². The number of carbonyl (C=O) groups is 2. The van der Waals surface area contributed by atoms with Gasteiger partial charge in [0, 0.05) is 24.7 Å². The Morgan fingerprint density at radius 2 is 2.09 bits per heavy atom. The third-order valence-corrected chi connectivity index (χ3v) is 6.53. The summed E-state index contributed by atoms with van der Waals surface area (Å²) in [5.74, 6) is 0.995. The van der Waals surface area contributed by atoms with Crippen molar-refractivity contribution in [3.63, 3.8) is 0 Å². The third-order valence-electron chi connectivity index (χ3n) is 5.61. The molecule has 1 fully saturated rings. The van der Waals surface area contributed by atoms with Gasteiger partial charge in [-0.05, 0) is 50.5 Å². The van der Waals surface area contributed by atoms with Crippen LogP contribution in [-0.4, -0.2) is 46.4 Å². The number of ether oxygens (including phenoxy) is 1. The molecular weight excluding hydrogens is 436 g/mol. The van der Waals surface area contributed by atoms with Gasteiger partial charge in [0.15, 0.2) is 0 Å². The predicted octanol–water partition coefficient (Wildman–Crippen LogP) is 4.33. The Kier molecular flexibility index (Phi) is 7.34. The first-order chi connectivity index (χ1) is 16.0. The van der Waals surface area contributed by atoms with E-state index in [0.717, 1.165) is 40.4 Å². The molecule has 4 rings (SSSR count). The van der Waals surface area contributed by atoms with E-state index in [9.17, 15) is 9.59 Å². The highest BCUT2D eigenvalue weighted by Crippen LogP contribution is 2.32. The van der Waals surface area contributed by atoms with Gasteiger partial charge in [0.25, 0.3) is 0 Å². The smallest absolute Gasteiger partial charge is 0.230 e. The quantitative estimate of drug-likeness (QED) is 0.563. The molecule has 2 amide bonds. The molecule has 1 aliphatic rings. The molecule has 1 unspecified atom stereocenters. The number of aryl methyl sites for hydroxylation is 1. The molecule has 3 aromatic rings. The monoisotopic (exact) mass is 464 g/mol. The van der Waals surface area contributed by atoms with Gasteiger partial charge in [0.05, 0.1) is 30.2 Å². The summed E-state index contributed by atoms with van der Waals surface area (Å²) in [6, 6.07) is 11.5. The van der Waals surface area contributed by atoms with Gasteiger partial charge in [-0.25, -0.2) is 9.97 Å². The molecule has 0 aliphatic carbocycles. The van der Waals surface area contributed by atoms with E-state index in [1.807, 2.05) is 49.6 Å². The number of likely N-dealkylation sites (tertiary alicyclic amines) is 1. The van der Waals surface area contributed by atoms with Crippen molar-refractivity contribution in [3.05, 3.63) is 59.2 Å². The van der Waals surface area contributed by atoms with E-state index in [1.54, 1.807) is 17.2 Å². The Bertz CT molecular complexity index is 1110. The number of anilines is 1. The number of carbonyl (C=O) groups excluding carboxylic acids is 2. The molecule has 8 heteroatoms. The number of nitrogens with zero attached hydrogens (tertiary/aromatic N) is 3. The summed E-state index contributed by atoms with van der Waals surface area (Å²) in [7, 11) is 0. The number of hydrogen-bond donors (Lipinski definition) is 1. The summed E-state index contributed by atoms with van der Waals surface area (Å²) >= 11 is 1.51. The number of piperidine rings is 1. The minimum atomic E-state index is -0.241. The van der Waals surface area contributed by atoms with Crippen molar-refractivity contribution in [2.45, 2.75) is 33.1 Å². The van der Waals surface area contributed by atoms with E-state index in [4.69, 9.17) is 4.74 Å². The Morgan fingerprint density at radius 3 is 2.88 bits per heavy atom. The second-order valence-corrected chi connectivity index (χ2v) is 9.00. The van der Waals surface area contributed by atoms with Crippen LogP contribution in [0.4, 0.5) is 5.82 Å². The lowest BCUT2D eigenvalue weighted by Crippen LogP contribution is -2.44. The summed E-state index contributed by atoms with van der Waals surface area (Å²) < 4.78 is 5.71. The van der Waals surface area contributed by atoms with E-state index >= 15 is 0 Å². The van der Waals surface area contributed by atoms with Crippen molar-refractivity contribution < 1.29 is 14.3 Å². The molecule has 3 heterocycles. The van der Waals surface area contributed by atoms with Gasteiger partial charge in [0.1, 0.15) is 16.6 Å². The van der Waals surface area contributed by atoms with Crippen molar-refractivity contribution in [2.75, 3.05) is 25.0 Å². The van der Waals surface area contributed by atoms with E-state index in [-0.39, 0.29) is 24.2 Å². The molecule has 1 N–H and O–H groups in total. The highest BCUT2D eigenvalue weighted by molar-refractivity contribution is 7.13. The van der Waals surface area contributed by atoms with E-state index in [2.05, 4.69) is 15.3 Å². The Balaban J connectivity index is 1.37. The first-order valence-corrected chi connectivity index (χ1v) is 12.1. The highest BCUT2D eigenvalue weighted by Gasteiger charge is 2.29. The van der Waals surface area contributed by atoms with Crippen LogP contribution in [0.25, 0.3) is 10.6 Å². The number of hydrogen-bond acceptors (Lipinski definition) is 6. The second kappa shape index (κ2) is 10.6. The first-order valence-electron chi connectivity index (χ1n) is 11.2. The van der Waals surface area contributed by atoms with Crippen LogP contribution in [0.5, 0.6) is 5.75 Å². The lowest BCUT2D eigenvalue weighted by molar-refractivity contribution is -0.134. The van der Waals surface area contributed by atoms with Gasteiger partial charge in [-0.15, -0.1) is 11.3 Å². The molecule has 1 saturated heterocycles. The number of pyridine rings is 1. The van der Waals surface area contributed by atoms with Crippen LogP contribution in [0.15, 0.2) is 48.0 Å². The molecule has 2 aromatic heterocycles. The fraction of sp³-hybridized carbons (Fsp3) is 0.360. The minimum Gasteiger partial charge on any atom is -0.493 e. The number of benzene rings is 1. The zero-order chi connectivity index (χ0) is 23.2. The minimum absolute atomic E-state index is 0.00379. The van der Waals surface area contributed by atoms with E-state index in [1.165, 1.54) is 11.3 Å². The van der Waals surface area contributed by atoms with Gasteiger partial charge < -0.3 is 15.0 Å². The molecule has 1 aromatic carbocycles. The molecule has 33 heavy (non-hydrogen) atoms. The van der Waals surface area contributed by atoms with Crippen LogP contribution in [0, 0.1) is 12.8 Å². The largest absolute Gasteiger partial charge is 0.493 e. The molecule has 172 valence electrons. The summed E-state index contributed by atoms with van der Waals surface area (Å²) in [5.41, 5.74) is 2.71. The number of thiazole rings is 1. The number of amides is 2. The van der Waals surface area contributed by atoms with Crippen LogP contribution in [0.1, 0.15) is 31.0 Å². The fourth-order valence-electron chi connectivity index (χ4n) is 3.89. The topological polar surface area (TPSA) is 84.4 Å². The van der Waals surface area contributed by atoms with E-state index < -0.39 is 0 Å². The SMILES string of the molecule is CCOc1ccccc1-c1nc(CC(=O)N2CCCC(C(=O)Nc3ccc(C)cn3)C2)cs1. The lowest BCUT2D eigenvalue weighted by atomic mass is 9.96. The van der Waals surface area contributed by atoms with Crippen molar-refractivity contribution in [3.8, 4) is 16.3 Å². The average Bonchev–Trinajstić information content (AvgIpc) is 3.29. The van der Waals surface area contributed by atoms with Crippen LogP contribution in [-0.2, 0) is 16.0 Å². The zero-order valence-electron chi connectivity index (χ0n) is 18.9. The van der Waals surface area contributed by atoms with Gasteiger partial charge in [-0.3, -0.25) is 9.59 Å². The van der Waals surface area contributed by atoms with Crippen LogP contribution in [0.3, 0.4) is 0 Å². The Morgan fingerprint density at radius 1 is 1.24 bits per heavy atom. The third kappa shape index (κ3) is 5.76. The molecule has 0 bridgehead atoms. The van der Waals surface area contributed by atoms with E-state index in [0.29, 0.717) is 25.5 Å². The summed E-state index contributed by atoms with van der Waals surface area (Å²) in [4.78, 5) is 36.4. The predicted molar refractivity (Wildman–Crippen MR) is 129 cm³/mol. The number of rotatable bonds is 7. The Labute approximate surface area is 197 Å². The van der Waals surface area contributed by atoms with Crippen LogP contribution < -0.4 is 10.1 Å². The summed E-state index contributed by atoms with van der Waals surface area (Å²) in [5, 5.41) is 5.63. The van der Waals surface area contributed by atoms with Crippen molar-refractivity contribution in [1.29, 1.82) is 0 Å². The molecule has 1 atom stereocenters. The van der Waals surface area contributed by atoms with Crippen LogP contribution >= 0.6 is 11.3 Å². The highest BCUT2D eigenvalue weighted by atomic mass is 32.1. The molecule has 1 aliphatic heterocycles. The maximum atomic E-state index is 13.0. The van der Waals surface area contributed by atoms with Gasteiger partial charge in [-0.1, -0.05) is 18.2 Å². The summed E-state index contributed by atoms with van der Waals surface area (Å²) in [6.07, 6.45) is 3.51. The normalized spacial score (nSPS) is 15.8. The molecule has 0 saturated carbocycles. The van der Waals surface area contributed by atoms with Crippen LogP contribution in [0.2, 0.25) is 0 Å². The fourth-order valence-corrected chi connectivity index (χ4v) is 4.74. The maximum absolute atomic E-state index is 13.0. The van der Waals surface area contributed by atoms with Crippen molar-refractivity contribution >= 4 is 29.0 Å². The number of nitrogens with one attached hydrogen (secondary N) is 1. The van der Waals surface area contributed by atoms with Gasteiger partial charge >= 0.3 is 0 Å². The lowest BCUT2D eigenvalue weighted by Gasteiger charge is -2.32. The van der Waals surface area contributed by atoms with Crippen molar-refractivity contribution in [2.24, 2.45) is 5.92 Å². The number of aromatic nitrogens is 2. The average molecular weight is 465 g/mol. The summed E-state index contributed by atoms with van der Waals surface area (Å²) in [6.45, 7) is 5.56. The first kappa shape index (κ1) is 22.9. The molecule has 0 radical (unpaired) electrons. The molecular formula is C25H28N4O3S.